The average Bonchev–Trinajstić information content (AvgIpc) is 2.48. The van der Waals surface area contributed by atoms with Crippen molar-refractivity contribution in [1.82, 2.24) is 5.32 Å². The van der Waals surface area contributed by atoms with Gasteiger partial charge in [0.05, 0.1) is 11.6 Å². The molecule has 1 aliphatic rings. The minimum absolute atomic E-state index is 0.0904. The van der Waals surface area contributed by atoms with Gasteiger partial charge in [0.1, 0.15) is 0 Å². The topological polar surface area (TPSA) is 21.3 Å². The number of ether oxygens (including phenoxy) is 1. The molecule has 0 aliphatic heterocycles. The van der Waals surface area contributed by atoms with E-state index in [9.17, 15) is 0 Å². The van der Waals surface area contributed by atoms with Gasteiger partial charge >= 0.3 is 0 Å². The second kappa shape index (κ2) is 6.93. The predicted octanol–water partition coefficient (Wildman–Crippen LogP) is 4.65. The number of likely N-dealkylation sites (N-methyl/N-ethyl adjacent to an activating group) is 1. The third kappa shape index (κ3) is 3.19. The van der Waals surface area contributed by atoms with Gasteiger partial charge in [0.15, 0.2) is 0 Å². The van der Waals surface area contributed by atoms with Crippen LogP contribution >= 0.6 is 11.6 Å². The summed E-state index contributed by atoms with van der Waals surface area (Å²) in [5, 5.41) is 4.46. The van der Waals surface area contributed by atoms with Gasteiger partial charge in [0.25, 0.3) is 0 Å². The van der Waals surface area contributed by atoms with E-state index in [1.54, 1.807) is 0 Å². The Labute approximate surface area is 127 Å². The Bertz CT molecular complexity index is 441. The first-order valence-electron chi connectivity index (χ1n) is 7.67. The van der Waals surface area contributed by atoms with Crippen LogP contribution in [0.25, 0.3) is 0 Å². The van der Waals surface area contributed by atoms with E-state index in [1.807, 2.05) is 14.0 Å². The van der Waals surface area contributed by atoms with Crippen molar-refractivity contribution in [3.63, 3.8) is 0 Å². The van der Waals surface area contributed by atoms with E-state index in [0.29, 0.717) is 0 Å². The molecular formula is C17H26ClNO. The minimum atomic E-state index is -0.0904. The van der Waals surface area contributed by atoms with Gasteiger partial charge in [0.2, 0.25) is 0 Å². The first-order valence-corrected chi connectivity index (χ1v) is 8.05. The molecule has 2 nitrogen and oxygen atoms in total. The van der Waals surface area contributed by atoms with Gasteiger partial charge in [-0.2, -0.15) is 0 Å². The zero-order valence-corrected chi connectivity index (χ0v) is 13.6. The Morgan fingerprint density at radius 1 is 1.30 bits per heavy atom. The van der Waals surface area contributed by atoms with Crippen LogP contribution in [0.3, 0.4) is 0 Å². The van der Waals surface area contributed by atoms with Gasteiger partial charge in [-0.1, -0.05) is 49.9 Å². The highest BCUT2D eigenvalue weighted by Gasteiger charge is 2.40. The third-order valence-electron chi connectivity index (χ3n) is 4.57. The summed E-state index contributed by atoms with van der Waals surface area (Å²) in [6.45, 7) is 5.12. The summed E-state index contributed by atoms with van der Waals surface area (Å²) in [5.74, 6) is 0. The number of methoxy groups -OCH3 is 1. The fourth-order valence-electron chi connectivity index (χ4n) is 3.36. The van der Waals surface area contributed by atoms with Crippen LogP contribution in [0, 0.1) is 6.92 Å². The molecule has 1 aromatic rings. The number of aryl methyl sites for hydroxylation is 1. The zero-order chi connectivity index (χ0) is 14.6. The normalized spacial score (nSPS) is 19.8. The molecule has 1 saturated carbocycles. The van der Waals surface area contributed by atoms with Crippen molar-refractivity contribution in [1.29, 1.82) is 0 Å². The van der Waals surface area contributed by atoms with Crippen molar-refractivity contribution >= 4 is 11.6 Å². The predicted molar refractivity (Wildman–Crippen MR) is 85.4 cm³/mol. The Balaban J connectivity index is 2.35. The molecule has 3 heteroatoms. The van der Waals surface area contributed by atoms with E-state index < -0.39 is 0 Å². The van der Waals surface area contributed by atoms with E-state index in [-0.39, 0.29) is 11.6 Å². The summed E-state index contributed by atoms with van der Waals surface area (Å²) in [4.78, 5) is 0. The first-order chi connectivity index (χ1) is 9.63. The molecule has 112 valence electrons. The quantitative estimate of drug-likeness (QED) is 0.854. The molecule has 0 saturated heterocycles. The van der Waals surface area contributed by atoms with Crippen molar-refractivity contribution < 1.29 is 4.74 Å². The van der Waals surface area contributed by atoms with E-state index in [2.05, 4.69) is 30.4 Å². The molecule has 1 N–H and O–H groups in total. The second-order valence-electron chi connectivity index (χ2n) is 5.83. The average molecular weight is 296 g/mol. The molecule has 0 amide bonds. The number of hydrogen-bond donors (Lipinski definition) is 1. The summed E-state index contributed by atoms with van der Waals surface area (Å²) >= 11 is 6.32. The van der Waals surface area contributed by atoms with Crippen LogP contribution in [0.15, 0.2) is 18.2 Å². The highest BCUT2D eigenvalue weighted by atomic mass is 35.5. The lowest BCUT2D eigenvalue weighted by Gasteiger charge is -2.43. The summed E-state index contributed by atoms with van der Waals surface area (Å²) in [7, 11) is 1.85. The van der Waals surface area contributed by atoms with Crippen LogP contribution in [0.2, 0.25) is 5.02 Å². The van der Waals surface area contributed by atoms with Crippen molar-refractivity contribution in [2.24, 2.45) is 0 Å². The van der Waals surface area contributed by atoms with Gasteiger partial charge in [-0.15, -0.1) is 0 Å². The summed E-state index contributed by atoms with van der Waals surface area (Å²) < 4.78 is 6.01. The molecule has 0 bridgehead atoms. The number of hydrogen-bond acceptors (Lipinski definition) is 2. The lowest BCUT2D eigenvalue weighted by Crippen LogP contribution is -2.47. The summed E-state index contributed by atoms with van der Waals surface area (Å²) in [5.41, 5.74) is 2.28. The Kier molecular flexibility index (Phi) is 5.48. The largest absolute Gasteiger partial charge is 0.376 e. The maximum Gasteiger partial charge on any atom is 0.0872 e. The molecule has 1 unspecified atom stereocenters. The number of nitrogens with one attached hydrogen (secondary N) is 1. The molecule has 0 heterocycles. The van der Waals surface area contributed by atoms with Crippen LogP contribution in [0.4, 0.5) is 0 Å². The second-order valence-corrected chi connectivity index (χ2v) is 6.24. The van der Waals surface area contributed by atoms with Gasteiger partial charge in [-0.25, -0.2) is 0 Å². The van der Waals surface area contributed by atoms with E-state index in [0.717, 1.165) is 30.0 Å². The molecule has 1 aromatic carbocycles. The van der Waals surface area contributed by atoms with Crippen LogP contribution in [-0.2, 0) is 4.74 Å². The van der Waals surface area contributed by atoms with Gasteiger partial charge in [-0.05, 0) is 43.5 Å². The molecule has 20 heavy (non-hydrogen) atoms. The first kappa shape index (κ1) is 15.8. The molecular weight excluding hydrogens is 270 g/mol. The van der Waals surface area contributed by atoms with Crippen LogP contribution in [-0.4, -0.2) is 19.3 Å². The standard InChI is InChI=1S/C17H26ClNO/c1-4-19-16(14-9-8-13(2)15(18)12-14)17(20-3)10-6-5-7-11-17/h8-9,12,16,19H,4-7,10-11H2,1-3H3. The maximum absolute atomic E-state index is 6.32. The van der Waals surface area contributed by atoms with Gasteiger partial charge < -0.3 is 10.1 Å². The molecule has 2 rings (SSSR count). The maximum atomic E-state index is 6.32. The van der Waals surface area contributed by atoms with Crippen molar-refractivity contribution in [3.8, 4) is 0 Å². The van der Waals surface area contributed by atoms with Crippen LogP contribution < -0.4 is 5.32 Å². The number of rotatable bonds is 5. The highest BCUT2D eigenvalue weighted by Crippen LogP contribution is 2.41. The smallest absolute Gasteiger partial charge is 0.0872 e. The van der Waals surface area contributed by atoms with Crippen molar-refractivity contribution in [2.75, 3.05) is 13.7 Å². The lowest BCUT2D eigenvalue weighted by atomic mass is 9.76. The Morgan fingerprint density at radius 2 is 2.00 bits per heavy atom. The summed E-state index contributed by atoms with van der Waals surface area (Å²) in [6, 6.07) is 6.61. The van der Waals surface area contributed by atoms with Crippen molar-refractivity contribution in [2.45, 2.75) is 57.6 Å². The molecule has 1 aliphatic carbocycles. The molecule has 1 fully saturated rings. The molecule has 0 radical (unpaired) electrons. The Morgan fingerprint density at radius 3 is 2.55 bits per heavy atom. The lowest BCUT2D eigenvalue weighted by molar-refractivity contribution is -0.0684. The number of benzene rings is 1. The highest BCUT2D eigenvalue weighted by molar-refractivity contribution is 6.31. The van der Waals surface area contributed by atoms with Crippen LogP contribution in [0.1, 0.15) is 56.2 Å². The Hall–Kier alpha value is -0.570. The third-order valence-corrected chi connectivity index (χ3v) is 4.98. The fraction of sp³-hybridized carbons (Fsp3) is 0.647. The zero-order valence-electron chi connectivity index (χ0n) is 12.8. The molecule has 0 spiro atoms. The van der Waals surface area contributed by atoms with Crippen molar-refractivity contribution in [3.05, 3.63) is 34.3 Å². The number of halogens is 1. The van der Waals surface area contributed by atoms with Crippen LogP contribution in [0.5, 0.6) is 0 Å². The SMILES string of the molecule is CCNC(c1ccc(C)c(Cl)c1)C1(OC)CCCCC1. The molecule has 1 atom stereocenters. The fourth-order valence-corrected chi connectivity index (χ4v) is 3.55. The van der Waals surface area contributed by atoms with Gasteiger partial charge in [-0.3, -0.25) is 0 Å². The summed E-state index contributed by atoms with van der Waals surface area (Å²) in [6.07, 6.45) is 6.04. The molecule has 0 aromatic heterocycles. The minimum Gasteiger partial charge on any atom is -0.376 e. The monoisotopic (exact) mass is 295 g/mol. The van der Waals surface area contributed by atoms with E-state index in [4.69, 9.17) is 16.3 Å². The van der Waals surface area contributed by atoms with E-state index >= 15 is 0 Å². The van der Waals surface area contributed by atoms with Gasteiger partial charge in [0, 0.05) is 12.1 Å². The van der Waals surface area contributed by atoms with E-state index in [1.165, 1.54) is 24.8 Å².